The molecule has 4 nitrogen and oxygen atoms in total. The Morgan fingerprint density at radius 2 is 1.82 bits per heavy atom. The van der Waals surface area contributed by atoms with E-state index in [1.807, 2.05) is 0 Å². The van der Waals surface area contributed by atoms with Crippen LogP contribution in [0.25, 0.3) is 0 Å². The molecule has 120 valence electrons. The average molecular weight is 309 g/mol. The van der Waals surface area contributed by atoms with Crippen molar-refractivity contribution >= 4 is 11.7 Å². The van der Waals surface area contributed by atoms with Gasteiger partial charge in [0, 0.05) is 12.1 Å². The SMILES string of the molecule is O=C(NCCC12CCCN1CCC2)Nc1c(F)cccc1F. The van der Waals surface area contributed by atoms with Crippen molar-refractivity contribution in [2.24, 2.45) is 0 Å². The fourth-order valence-electron chi connectivity index (χ4n) is 3.82. The Hall–Kier alpha value is -1.69. The molecule has 22 heavy (non-hydrogen) atoms. The number of amides is 2. The number of urea groups is 1. The molecule has 2 heterocycles. The van der Waals surface area contributed by atoms with Gasteiger partial charge < -0.3 is 10.6 Å². The number of halogens is 2. The van der Waals surface area contributed by atoms with Crippen molar-refractivity contribution in [1.82, 2.24) is 10.2 Å². The monoisotopic (exact) mass is 309 g/mol. The van der Waals surface area contributed by atoms with E-state index >= 15 is 0 Å². The normalized spacial score (nSPS) is 19.9. The molecule has 2 aliphatic rings. The van der Waals surface area contributed by atoms with Crippen molar-refractivity contribution in [3.8, 4) is 0 Å². The Kier molecular flexibility index (Phi) is 4.29. The molecule has 0 radical (unpaired) electrons. The second kappa shape index (κ2) is 6.20. The molecule has 0 bridgehead atoms. The molecule has 2 fully saturated rings. The quantitative estimate of drug-likeness (QED) is 0.897. The zero-order valence-corrected chi connectivity index (χ0v) is 12.5. The number of carbonyl (C=O) groups excluding carboxylic acids is 1. The summed E-state index contributed by atoms with van der Waals surface area (Å²) in [7, 11) is 0. The van der Waals surface area contributed by atoms with Gasteiger partial charge in [0.05, 0.1) is 0 Å². The second-order valence-corrected chi connectivity index (χ2v) is 6.15. The minimum Gasteiger partial charge on any atom is -0.338 e. The molecule has 0 spiro atoms. The van der Waals surface area contributed by atoms with Gasteiger partial charge in [0.25, 0.3) is 0 Å². The molecule has 2 aliphatic heterocycles. The molecule has 0 aliphatic carbocycles. The van der Waals surface area contributed by atoms with Crippen LogP contribution in [0.15, 0.2) is 18.2 Å². The highest BCUT2D eigenvalue weighted by atomic mass is 19.1. The Morgan fingerprint density at radius 3 is 2.45 bits per heavy atom. The van der Waals surface area contributed by atoms with E-state index in [-0.39, 0.29) is 5.54 Å². The molecule has 1 aromatic carbocycles. The van der Waals surface area contributed by atoms with Crippen molar-refractivity contribution in [3.63, 3.8) is 0 Å². The van der Waals surface area contributed by atoms with Crippen molar-refractivity contribution in [1.29, 1.82) is 0 Å². The van der Waals surface area contributed by atoms with E-state index in [4.69, 9.17) is 0 Å². The van der Waals surface area contributed by atoms with E-state index < -0.39 is 23.4 Å². The number of para-hydroxylation sites is 1. The van der Waals surface area contributed by atoms with Crippen LogP contribution in [0, 0.1) is 11.6 Å². The number of rotatable bonds is 4. The molecular weight excluding hydrogens is 288 g/mol. The highest BCUT2D eigenvalue weighted by molar-refractivity contribution is 5.89. The van der Waals surface area contributed by atoms with Crippen LogP contribution in [0.3, 0.4) is 0 Å². The van der Waals surface area contributed by atoms with Crippen LogP contribution in [0.4, 0.5) is 19.3 Å². The first-order chi connectivity index (χ1) is 10.6. The number of benzene rings is 1. The summed E-state index contributed by atoms with van der Waals surface area (Å²) >= 11 is 0. The third-order valence-electron chi connectivity index (χ3n) is 4.89. The smallest absolute Gasteiger partial charge is 0.319 e. The van der Waals surface area contributed by atoms with Gasteiger partial charge in [0.1, 0.15) is 17.3 Å². The summed E-state index contributed by atoms with van der Waals surface area (Å²) in [5.74, 6) is -1.54. The molecule has 0 unspecified atom stereocenters. The lowest BCUT2D eigenvalue weighted by atomic mass is 9.90. The van der Waals surface area contributed by atoms with E-state index in [1.54, 1.807) is 0 Å². The summed E-state index contributed by atoms with van der Waals surface area (Å²) in [5.41, 5.74) is -0.169. The number of nitrogens with one attached hydrogen (secondary N) is 2. The van der Waals surface area contributed by atoms with Gasteiger partial charge in [-0.2, -0.15) is 0 Å². The fraction of sp³-hybridized carbons (Fsp3) is 0.562. The first-order valence-corrected chi connectivity index (χ1v) is 7.85. The summed E-state index contributed by atoms with van der Waals surface area (Å²) in [6.45, 7) is 2.80. The average Bonchev–Trinajstić information content (AvgIpc) is 3.02. The number of nitrogens with zero attached hydrogens (tertiary/aromatic N) is 1. The fourth-order valence-corrected chi connectivity index (χ4v) is 3.82. The largest absolute Gasteiger partial charge is 0.338 e. The minimum atomic E-state index is -0.772. The molecule has 0 atom stereocenters. The number of hydrogen-bond acceptors (Lipinski definition) is 2. The van der Waals surface area contributed by atoms with E-state index in [1.165, 1.54) is 31.7 Å². The Morgan fingerprint density at radius 1 is 1.18 bits per heavy atom. The highest BCUT2D eigenvalue weighted by Gasteiger charge is 2.43. The molecule has 0 saturated carbocycles. The third kappa shape index (κ3) is 2.92. The van der Waals surface area contributed by atoms with Crippen LogP contribution < -0.4 is 10.6 Å². The summed E-state index contributed by atoms with van der Waals surface area (Å²) in [4.78, 5) is 14.3. The van der Waals surface area contributed by atoms with Gasteiger partial charge >= 0.3 is 6.03 Å². The first-order valence-electron chi connectivity index (χ1n) is 7.85. The van der Waals surface area contributed by atoms with Gasteiger partial charge in [-0.1, -0.05) is 6.07 Å². The van der Waals surface area contributed by atoms with Gasteiger partial charge in [0.2, 0.25) is 0 Å². The number of anilines is 1. The van der Waals surface area contributed by atoms with Crippen molar-refractivity contribution in [3.05, 3.63) is 29.8 Å². The number of fused-ring (bicyclic) bond motifs is 1. The van der Waals surface area contributed by atoms with Crippen LogP contribution in [0.5, 0.6) is 0 Å². The predicted octanol–water partition coefficient (Wildman–Crippen LogP) is 3.10. The molecule has 2 amide bonds. The van der Waals surface area contributed by atoms with E-state index in [0.29, 0.717) is 6.54 Å². The lowest BCUT2D eigenvalue weighted by Crippen LogP contribution is -2.42. The van der Waals surface area contributed by atoms with E-state index in [0.717, 1.165) is 31.6 Å². The second-order valence-electron chi connectivity index (χ2n) is 6.15. The Balaban J connectivity index is 1.51. The zero-order chi connectivity index (χ0) is 15.6. The minimum absolute atomic E-state index is 0.233. The maximum Gasteiger partial charge on any atom is 0.319 e. The van der Waals surface area contributed by atoms with Gasteiger partial charge in [0.15, 0.2) is 0 Å². The van der Waals surface area contributed by atoms with Crippen molar-refractivity contribution in [2.45, 2.75) is 37.6 Å². The van der Waals surface area contributed by atoms with Crippen LogP contribution in [0.1, 0.15) is 32.1 Å². The number of hydrogen-bond donors (Lipinski definition) is 2. The van der Waals surface area contributed by atoms with Crippen LogP contribution >= 0.6 is 0 Å². The predicted molar refractivity (Wildman–Crippen MR) is 80.8 cm³/mol. The third-order valence-corrected chi connectivity index (χ3v) is 4.89. The lowest BCUT2D eigenvalue weighted by Gasteiger charge is -2.32. The van der Waals surface area contributed by atoms with Crippen LogP contribution in [0.2, 0.25) is 0 Å². The molecule has 6 heteroatoms. The van der Waals surface area contributed by atoms with E-state index in [2.05, 4.69) is 15.5 Å². The summed E-state index contributed by atoms with van der Waals surface area (Å²) in [6.07, 6.45) is 5.68. The van der Waals surface area contributed by atoms with Crippen LogP contribution in [-0.4, -0.2) is 36.1 Å². The van der Waals surface area contributed by atoms with Gasteiger partial charge in [-0.05, 0) is 57.3 Å². The summed E-state index contributed by atoms with van der Waals surface area (Å²) < 4.78 is 26.9. The Bertz CT molecular complexity index is 534. The highest BCUT2D eigenvalue weighted by Crippen LogP contribution is 2.40. The lowest BCUT2D eigenvalue weighted by molar-refractivity contribution is 0.181. The maximum atomic E-state index is 13.5. The molecule has 1 aromatic rings. The van der Waals surface area contributed by atoms with Gasteiger partial charge in [-0.25, -0.2) is 13.6 Å². The molecule has 0 aromatic heterocycles. The summed E-state index contributed by atoms with van der Waals surface area (Å²) in [5, 5.41) is 4.96. The van der Waals surface area contributed by atoms with Crippen molar-refractivity contribution in [2.75, 3.05) is 25.0 Å². The zero-order valence-electron chi connectivity index (χ0n) is 12.5. The number of carbonyl (C=O) groups is 1. The van der Waals surface area contributed by atoms with Crippen molar-refractivity contribution < 1.29 is 13.6 Å². The topological polar surface area (TPSA) is 44.4 Å². The van der Waals surface area contributed by atoms with Gasteiger partial charge in [-0.3, -0.25) is 4.90 Å². The molecule has 2 N–H and O–H groups in total. The van der Waals surface area contributed by atoms with Crippen LogP contribution in [-0.2, 0) is 0 Å². The first kappa shape index (κ1) is 15.2. The maximum absolute atomic E-state index is 13.5. The van der Waals surface area contributed by atoms with E-state index in [9.17, 15) is 13.6 Å². The molecule has 2 saturated heterocycles. The summed E-state index contributed by atoms with van der Waals surface area (Å²) in [6, 6.07) is 2.93. The Labute approximate surface area is 128 Å². The molecule has 3 rings (SSSR count). The molecular formula is C16H21F2N3O. The van der Waals surface area contributed by atoms with Gasteiger partial charge in [-0.15, -0.1) is 0 Å². The standard InChI is InChI=1S/C16H21F2N3O/c17-12-4-1-5-13(18)14(12)20-15(22)19-9-8-16-6-2-10-21(16)11-3-7-16/h1,4-5H,2-3,6-11H2,(H2,19,20,22).